The summed E-state index contributed by atoms with van der Waals surface area (Å²) in [6.45, 7) is 7.21. The van der Waals surface area contributed by atoms with Crippen molar-refractivity contribution >= 4 is 38.3 Å². The quantitative estimate of drug-likeness (QED) is 0.480. The molecule has 1 saturated carbocycles. The van der Waals surface area contributed by atoms with E-state index in [-0.39, 0.29) is 22.8 Å². The summed E-state index contributed by atoms with van der Waals surface area (Å²) in [6.07, 6.45) is 6.28. The number of aromatic nitrogens is 2. The standard InChI is InChI=1S/C27H37N5O3S/c1-27(2,3)26-30-25-22(11-8-12-23(25)32(26)18-19-9-6-5-7-10-19)31(4)36(34,35)21-15-13-20(14-16-21)29-24(33)17-28/h8,11-16,19H,5-7,9-10,17-18,28H2,1-4H3,(H,29,33). The third-order valence-electron chi connectivity index (χ3n) is 6.92. The van der Waals surface area contributed by atoms with Gasteiger partial charge >= 0.3 is 0 Å². The van der Waals surface area contributed by atoms with Crippen LogP contribution in [-0.4, -0.2) is 37.5 Å². The van der Waals surface area contributed by atoms with Crippen LogP contribution >= 0.6 is 0 Å². The average Bonchev–Trinajstić information content (AvgIpc) is 3.23. The first-order valence-corrected chi connectivity index (χ1v) is 14.0. The molecular weight excluding hydrogens is 474 g/mol. The lowest BCUT2D eigenvalue weighted by Gasteiger charge is -2.26. The minimum absolute atomic E-state index is 0.130. The van der Waals surface area contributed by atoms with Crippen LogP contribution in [0, 0.1) is 5.92 Å². The molecule has 0 aliphatic heterocycles. The highest BCUT2D eigenvalue weighted by Crippen LogP contribution is 2.35. The fourth-order valence-electron chi connectivity index (χ4n) is 4.98. The van der Waals surface area contributed by atoms with Gasteiger partial charge in [0.2, 0.25) is 5.91 Å². The molecule has 0 unspecified atom stereocenters. The van der Waals surface area contributed by atoms with Crippen LogP contribution in [0.1, 0.15) is 58.7 Å². The van der Waals surface area contributed by atoms with Gasteiger partial charge in [-0.25, -0.2) is 13.4 Å². The number of nitrogens with one attached hydrogen (secondary N) is 1. The van der Waals surface area contributed by atoms with Crippen LogP contribution in [0.4, 0.5) is 11.4 Å². The Labute approximate surface area is 213 Å². The number of carbonyl (C=O) groups excluding carboxylic acids is 1. The molecule has 1 amide bonds. The average molecular weight is 512 g/mol. The molecule has 0 atom stereocenters. The van der Waals surface area contributed by atoms with E-state index in [0.717, 1.165) is 17.9 Å². The molecule has 1 aliphatic rings. The first kappa shape index (κ1) is 26.2. The number of anilines is 2. The van der Waals surface area contributed by atoms with Crippen molar-refractivity contribution in [1.29, 1.82) is 0 Å². The number of fused-ring (bicyclic) bond motifs is 1. The Hall–Kier alpha value is -2.91. The van der Waals surface area contributed by atoms with Crippen LogP contribution in [0.15, 0.2) is 47.4 Å². The first-order valence-electron chi connectivity index (χ1n) is 12.6. The molecule has 194 valence electrons. The molecule has 36 heavy (non-hydrogen) atoms. The zero-order chi connectivity index (χ0) is 26.1. The number of rotatable bonds is 7. The Morgan fingerprint density at radius 2 is 1.78 bits per heavy atom. The van der Waals surface area contributed by atoms with Gasteiger partial charge in [0.05, 0.1) is 22.6 Å². The van der Waals surface area contributed by atoms with E-state index in [4.69, 9.17) is 10.7 Å². The lowest BCUT2D eigenvalue weighted by molar-refractivity contribution is -0.114. The van der Waals surface area contributed by atoms with E-state index >= 15 is 0 Å². The molecule has 4 rings (SSSR count). The fraction of sp³-hybridized carbons (Fsp3) is 0.481. The van der Waals surface area contributed by atoms with Crippen molar-refractivity contribution in [2.45, 2.75) is 69.7 Å². The summed E-state index contributed by atoms with van der Waals surface area (Å²) >= 11 is 0. The van der Waals surface area contributed by atoms with Crippen molar-refractivity contribution in [3.05, 3.63) is 48.3 Å². The van der Waals surface area contributed by atoms with Gasteiger partial charge in [-0.05, 0) is 55.2 Å². The van der Waals surface area contributed by atoms with Crippen LogP contribution in [0.2, 0.25) is 0 Å². The summed E-state index contributed by atoms with van der Waals surface area (Å²) < 4.78 is 30.7. The molecule has 3 aromatic rings. The highest BCUT2D eigenvalue weighted by molar-refractivity contribution is 7.92. The van der Waals surface area contributed by atoms with Crippen molar-refractivity contribution in [2.24, 2.45) is 11.7 Å². The molecule has 1 aliphatic carbocycles. The van der Waals surface area contributed by atoms with E-state index in [1.54, 1.807) is 25.2 Å². The number of imidazole rings is 1. The van der Waals surface area contributed by atoms with Gasteiger partial charge < -0.3 is 15.6 Å². The molecule has 3 N–H and O–H groups in total. The van der Waals surface area contributed by atoms with Crippen molar-refractivity contribution in [1.82, 2.24) is 9.55 Å². The van der Waals surface area contributed by atoms with E-state index in [1.807, 2.05) is 12.1 Å². The predicted molar refractivity (Wildman–Crippen MR) is 145 cm³/mol. The van der Waals surface area contributed by atoms with Crippen LogP contribution in [0.3, 0.4) is 0 Å². The first-order chi connectivity index (χ1) is 17.0. The Kier molecular flexibility index (Phi) is 7.43. The number of para-hydroxylation sites is 1. The maximum atomic E-state index is 13.6. The monoisotopic (exact) mass is 511 g/mol. The van der Waals surface area contributed by atoms with Crippen molar-refractivity contribution in [3.63, 3.8) is 0 Å². The summed E-state index contributed by atoms with van der Waals surface area (Å²) in [5, 5.41) is 2.63. The molecule has 0 spiro atoms. The Morgan fingerprint density at radius 3 is 2.39 bits per heavy atom. The summed E-state index contributed by atoms with van der Waals surface area (Å²) in [7, 11) is -2.29. The number of nitrogens with two attached hydrogens (primary N) is 1. The second-order valence-electron chi connectivity index (χ2n) is 10.7. The van der Waals surface area contributed by atoms with Crippen molar-refractivity contribution < 1.29 is 13.2 Å². The summed E-state index contributed by atoms with van der Waals surface area (Å²) in [5.74, 6) is 1.25. The van der Waals surface area contributed by atoms with Gasteiger partial charge in [0, 0.05) is 24.7 Å². The van der Waals surface area contributed by atoms with Crippen LogP contribution in [0.25, 0.3) is 11.0 Å². The maximum absolute atomic E-state index is 13.6. The van der Waals surface area contributed by atoms with Crippen LogP contribution < -0.4 is 15.4 Å². The molecule has 2 aromatic carbocycles. The number of sulfonamides is 1. The normalized spacial score (nSPS) is 15.2. The maximum Gasteiger partial charge on any atom is 0.264 e. The van der Waals surface area contributed by atoms with E-state index in [1.165, 1.54) is 48.5 Å². The third kappa shape index (κ3) is 5.27. The minimum Gasteiger partial charge on any atom is -0.327 e. The molecule has 0 bridgehead atoms. The fourth-order valence-corrected chi connectivity index (χ4v) is 6.18. The van der Waals surface area contributed by atoms with Gasteiger partial charge in [-0.2, -0.15) is 0 Å². The largest absolute Gasteiger partial charge is 0.327 e. The highest BCUT2D eigenvalue weighted by atomic mass is 32.2. The summed E-state index contributed by atoms with van der Waals surface area (Å²) in [6, 6.07) is 11.8. The summed E-state index contributed by atoms with van der Waals surface area (Å²) in [5.41, 5.74) is 7.84. The van der Waals surface area contributed by atoms with Crippen LogP contribution in [-0.2, 0) is 26.8 Å². The predicted octanol–water partition coefficient (Wildman–Crippen LogP) is 4.64. The third-order valence-corrected chi connectivity index (χ3v) is 8.70. The van der Waals surface area contributed by atoms with E-state index in [9.17, 15) is 13.2 Å². The second-order valence-corrected chi connectivity index (χ2v) is 12.7. The van der Waals surface area contributed by atoms with E-state index < -0.39 is 10.0 Å². The minimum atomic E-state index is -3.85. The highest BCUT2D eigenvalue weighted by Gasteiger charge is 2.29. The van der Waals surface area contributed by atoms with Gasteiger partial charge in [-0.15, -0.1) is 0 Å². The Balaban J connectivity index is 1.72. The number of hydrogen-bond acceptors (Lipinski definition) is 5. The van der Waals surface area contributed by atoms with Gasteiger partial charge in [-0.1, -0.05) is 46.1 Å². The van der Waals surface area contributed by atoms with Gasteiger partial charge in [-0.3, -0.25) is 9.10 Å². The van der Waals surface area contributed by atoms with Gasteiger partial charge in [0.25, 0.3) is 10.0 Å². The van der Waals surface area contributed by atoms with Crippen LogP contribution in [0.5, 0.6) is 0 Å². The van der Waals surface area contributed by atoms with Crippen molar-refractivity contribution in [3.8, 4) is 0 Å². The summed E-state index contributed by atoms with van der Waals surface area (Å²) in [4.78, 5) is 16.7. The molecule has 9 heteroatoms. The molecule has 0 radical (unpaired) electrons. The Bertz CT molecular complexity index is 1330. The number of benzene rings is 2. The SMILES string of the molecule is CN(c1cccc2c1nc(C(C)(C)C)n2CC1CCCCC1)S(=O)(=O)c1ccc(NC(=O)CN)cc1. The lowest BCUT2D eigenvalue weighted by Crippen LogP contribution is -2.27. The molecule has 1 aromatic heterocycles. The lowest BCUT2D eigenvalue weighted by atomic mass is 9.88. The van der Waals surface area contributed by atoms with Gasteiger partial charge in [0.15, 0.2) is 0 Å². The number of nitrogens with zero attached hydrogens (tertiary/aromatic N) is 3. The number of hydrogen-bond donors (Lipinski definition) is 2. The van der Waals surface area contributed by atoms with Crippen molar-refractivity contribution in [2.75, 3.05) is 23.2 Å². The second kappa shape index (κ2) is 10.2. The smallest absolute Gasteiger partial charge is 0.264 e. The molecule has 0 saturated heterocycles. The molecule has 8 nitrogen and oxygen atoms in total. The van der Waals surface area contributed by atoms with E-state index in [0.29, 0.717) is 22.8 Å². The van der Waals surface area contributed by atoms with Gasteiger partial charge in [0.1, 0.15) is 11.3 Å². The molecule has 1 heterocycles. The zero-order valence-corrected chi connectivity index (χ0v) is 22.4. The zero-order valence-electron chi connectivity index (χ0n) is 21.6. The number of carbonyl (C=O) groups is 1. The number of amides is 1. The van der Waals surface area contributed by atoms with E-state index in [2.05, 4.69) is 30.7 Å². The topological polar surface area (TPSA) is 110 Å². The Morgan fingerprint density at radius 1 is 1.11 bits per heavy atom. The molecule has 1 fully saturated rings. The molecular formula is C27H37N5O3S.